The molecule has 6 rings (SSSR count). The number of rotatable bonds is 3. The molecule has 8 unspecified atom stereocenters. The molecule has 0 amide bonds. The van der Waals surface area contributed by atoms with Gasteiger partial charge in [-0.3, -0.25) is 9.80 Å². The van der Waals surface area contributed by atoms with Gasteiger partial charge in [0.05, 0.1) is 23.5 Å². The minimum absolute atomic E-state index is 0.0133. The third-order valence-corrected chi connectivity index (χ3v) is 10.6. The second-order valence-corrected chi connectivity index (χ2v) is 12.4. The van der Waals surface area contributed by atoms with Crippen LogP contribution < -0.4 is 16.0 Å². The first-order valence-corrected chi connectivity index (χ1v) is 13.2. The SMILES string of the molecule is CC1(O)CCC2C(CCC3C2CCC2(C)C(C(=O)CN4NNc5cc(F)c(F)cc54)CCC32)C1. The zero-order valence-electron chi connectivity index (χ0n) is 20.2. The highest BCUT2D eigenvalue weighted by Gasteiger charge is 2.58. The van der Waals surface area contributed by atoms with Gasteiger partial charge >= 0.3 is 0 Å². The van der Waals surface area contributed by atoms with E-state index in [0.717, 1.165) is 62.5 Å². The minimum Gasteiger partial charge on any atom is -0.390 e. The minimum atomic E-state index is -0.909. The van der Waals surface area contributed by atoms with E-state index in [1.165, 1.54) is 19.3 Å². The molecule has 1 aromatic carbocycles. The van der Waals surface area contributed by atoms with Crippen LogP contribution in [0.15, 0.2) is 12.1 Å². The van der Waals surface area contributed by atoms with E-state index in [0.29, 0.717) is 29.1 Å². The average molecular weight is 474 g/mol. The third-order valence-electron chi connectivity index (χ3n) is 10.6. The first-order valence-electron chi connectivity index (χ1n) is 13.2. The maximum atomic E-state index is 13.8. The van der Waals surface area contributed by atoms with Gasteiger partial charge in [-0.15, -0.1) is 5.53 Å². The van der Waals surface area contributed by atoms with Crippen LogP contribution in [0.25, 0.3) is 0 Å². The Labute approximate surface area is 200 Å². The van der Waals surface area contributed by atoms with Crippen LogP contribution in [-0.2, 0) is 4.79 Å². The van der Waals surface area contributed by atoms with Crippen molar-refractivity contribution in [3.8, 4) is 0 Å². The van der Waals surface area contributed by atoms with Gasteiger partial charge in [0.2, 0.25) is 0 Å². The Hall–Kier alpha value is -1.73. The number of aliphatic hydroxyl groups is 1. The van der Waals surface area contributed by atoms with Gasteiger partial charge in [0, 0.05) is 18.1 Å². The normalized spacial score (nSPS) is 42.9. The molecule has 186 valence electrons. The Balaban J connectivity index is 1.17. The van der Waals surface area contributed by atoms with Crippen molar-refractivity contribution in [2.75, 3.05) is 17.0 Å². The zero-order valence-corrected chi connectivity index (χ0v) is 20.2. The van der Waals surface area contributed by atoms with E-state index in [9.17, 15) is 18.7 Å². The Bertz CT molecular complexity index is 1000. The summed E-state index contributed by atoms with van der Waals surface area (Å²) in [6.07, 6.45) is 9.81. The van der Waals surface area contributed by atoms with E-state index in [1.54, 1.807) is 5.01 Å². The highest BCUT2D eigenvalue weighted by atomic mass is 19.2. The van der Waals surface area contributed by atoms with Crippen molar-refractivity contribution < 1.29 is 18.7 Å². The lowest BCUT2D eigenvalue weighted by Crippen LogP contribution is -2.51. The van der Waals surface area contributed by atoms with Crippen molar-refractivity contribution in [2.24, 2.45) is 40.9 Å². The van der Waals surface area contributed by atoms with E-state index in [4.69, 9.17) is 0 Å². The first kappa shape index (κ1) is 22.7. The summed E-state index contributed by atoms with van der Waals surface area (Å²) in [6, 6.07) is 2.27. The first-order chi connectivity index (χ1) is 16.2. The molecule has 1 aliphatic heterocycles. The van der Waals surface area contributed by atoms with Crippen molar-refractivity contribution in [2.45, 2.75) is 77.2 Å². The lowest BCUT2D eigenvalue weighted by molar-refractivity contribution is -0.131. The summed E-state index contributed by atoms with van der Waals surface area (Å²) in [5.41, 5.74) is 6.21. The van der Waals surface area contributed by atoms with Crippen LogP contribution in [0.5, 0.6) is 0 Å². The van der Waals surface area contributed by atoms with E-state index < -0.39 is 17.2 Å². The van der Waals surface area contributed by atoms with Crippen LogP contribution >= 0.6 is 0 Å². The number of nitrogens with zero attached hydrogens (tertiary/aromatic N) is 1. The van der Waals surface area contributed by atoms with E-state index in [-0.39, 0.29) is 23.7 Å². The molecule has 5 nitrogen and oxygen atoms in total. The van der Waals surface area contributed by atoms with Crippen molar-refractivity contribution in [3.05, 3.63) is 23.8 Å². The molecule has 4 fully saturated rings. The molecule has 7 heteroatoms. The quantitative estimate of drug-likeness (QED) is 0.563. The van der Waals surface area contributed by atoms with Crippen LogP contribution in [0.2, 0.25) is 0 Å². The number of halogens is 2. The number of nitrogens with one attached hydrogen (secondary N) is 2. The molecule has 5 aliphatic rings. The second-order valence-electron chi connectivity index (χ2n) is 12.4. The number of carbonyl (C=O) groups is 1. The molecule has 1 heterocycles. The van der Waals surface area contributed by atoms with E-state index in [2.05, 4.69) is 17.9 Å². The maximum absolute atomic E-state index is 13.8. The van der Waals surface area contributed by atoms with Crippen LogP contribution in [0.1, 0.15) is 71.6 Å². The molecule has 4 saturated carbocycles. The van der Waals surface area contributed by atoms with Gasteiger partial charge in [-0.2, -0.15) is 0 Å². The molecular formula is C27H37F2N3O2. The molecule has 0 spiro atoms. The van der Waals surface area contributed by atoms with Gasteiger partial charge < -0.3 is 10.5 Å². The predicted octanol–water partition coefficient (Wildman–Crippen LogP) is 5.21. The van der Waals surface area contributed by atoms with Crippen LogP contribution in [-0.4, -0.2) is 23.0 Å². The highest BCUT2D eigenvalue weighted by molar-refractivity contribution is 5.88. The summed E-state index contributed by atoms with van der Waals surface area (Å²) in [5, 5.41) is 12.2. The van der Waals surface area contributed by atoms with Crippen LogP contribution in [0.4, 0.5) is 20.2 Å². The predicted molar refractivity (Wildman–Crippen MR) is 127 cm³/mol. The summed E-state index contributed by atoms with van der Waals surface area (Å²) >= 11 is 0. The number of carbonyl (C=O) groups excluding carboxylic acids is 1. The molecule has 34 heavy (non-hydrogen) atoms. The number of ketones is 1. The van der Waals surface area contributed by atoms with Crippen LogP contribution in [0.3, 0.4) is 0 Å². The van der Waals surface area contributed by atoms with E-state index >= 15 is 0 Å². The Kier molecular flexibility index (Phi) is 5.27. The van der Waals surface area contributed by atoms with Crippen LogP contribution in [0, 0.1) is 52.6 Å². The van der Waals surface area contributed by atoms with Crippen molar-refractivity contribution >= 4 is 17.2 Å². The molecular weight excluding hydrogens is 436 g/mol. The fourth-order valence-corrected chi connectivity index (χ4v) is 9.05. The summed E-state index contributed by atoms with van der Waals surface area (Å²) in [4.78, 5) is 13.6. The number of hydrogen-bond acceptors (Lipinski definition) is 5. The third kappa shape index (κ3) is 3.48. The number of hydrazine groups is 2. The summed E-state index contributed by atoms with van der Waals surface area (Å²) in [6.45, 7) is 4.50. The molecule has 0 bridgehead atoms. The number of fused-ring (bicyclic) bond motifs is 6. The van der Waals surface area contributed by atoms with Crippen molar-refractivity contribution in [3.63, 3.8) is 0 Å². The number of benzene rings is 1. The van der Waals surface area contributed by atoms with Crippen molar-refractivity contribution in [1.29, 1.82) is 0 Å². The molecule has 8 atom stereocenters. The van der Waals surface area contributed by atoms with Gasteiger partial charge in [-0.05, 0) is 99.7 Å². The fraction of sp³-hybridized carbons (Fsp3) is 0.741. The van der Waals surface area contributed by atoms with Gasteiger partial charge in [-0.1, -0.05) is 6.92 Å². The standard InChI is InChI=1S/C27H37F2N3O2/c1-26(34)9-7-16-15(13-26)3-4-18-17(16)8-10-27(2)19(18)5-6-20(27)25(33)14-32-24-12-22(29)21(28)11-23(24)30-31-32/h11-12,15-20,30-31,34H,3-10,13-14H2,1-2H3. The lowest BCUT2D eigenvalue weighted by Gasteiger charge is -2.56. The summed E-state index contributed by atoms with van der Waals surface area (Å²) in [7, 11) is 0. The largest absolute Gasteiger partial charge is 0.390 e. The fourth-order valence-electron chi connectivity index (χ4n) is 9.05. The summed E-state index contributed by atoms with van der Waals surface area (Å²) in [5.74, 6) is 1.83. The monoisotopic (exact) mass is 473 g/mol. The zero-order chi connectivity index (χ0) is 23.8. The second kappa shape index (κ2) is 7.89. The number of anilines is 2. The number of Topliss-reactive ketones (excluding diaryl/α,β-unsaturated/α-hetero) is 1. The number of hydrogen-bond donors (Lipinski definition) is 3. The molecule has 4 aliphatic carbocycles. The van der Waals surface area contributed by atoms with Crippen molar-refractivity contribution in [1.82, 2.24) is 5.53 Å². The van der Waals surface area contributed by atoms with Gasteiger partial charge in [-0.25, -0.2) is 8.78 Å². The molecule has 0 radical (unpaired) electrons. The smallest absolute Gasteiger partial charge is 0.161 e. The average Bonchev–Trinajstić information content (AvgIpc) is 3.33. The Morgan fingerprint density at radius 2 is 1.79 bits per heavy atom. The van der Waals surface area contributed by atoms with E-state index in [1.807, 2.05) is 6.92 Å². The van der Waals surface area contributed by atoms with Gasteiger partial charge in [0.1, 0.15) is 0 Å². The molecule has 0 aromatic heterocycles. The molecule has 3 N–H and O–H groups in total. The Morgan fingerprint density at radius 1 is 1.03 bits per heavy atom. The van der Waals surface area contributed by atoms with Gasteiger partial charge in [0.25, 0.3) is 0 Å². The maximum Gasteiger partial charge on any atom is 0.161 e. The molecule has 0 saturated heterocycles. The topological polar surface area (TPSA) is 64.6 Å². The summed E-state index contributed by atoms with van der Waals surface area (Å²) < 4.78 is 27.4. The molecule has 1 aromatic rings. The highest BCUT2D eigenvalue weighted by Crippen LogP contribution is 2.64. The lowest BCUT2D eigenvalue weighted by atomic mass is 9.49. The van der Waals surface area contributed by atoms with Gasteiger partial charge in [0.15, 0.2) is 17.4 Å². The Morgan fingerprint density at radius 3 is 2.62 bits per heavy atom.